The van der Waals surface area contributed by atoms with E-state index in [1.54, 1.807) is 13.8 Å². The minimum atomic E-state index is -3.56. The smallest absolute Gasteiger partial charge is 0.251 e. The molecule has 1 fully saturated rings. The van der Waals surface area contributed by atoms with E-state index in [9.17, 15) is 13.2 Å². The van der Waals surface area contributed by atoms with Crippen molar-refractivity contribution >= 4 is 33.7 Å². The number of fused-ring (bicyclic) bond motifs is 3. The fourth-order valence-corrected chi connectivity index (χ4v) is 3.80. The summed E-state index contributed by atoms with van der Waals surface area (Å²) >= 11 is 0. The molecule has 30 heavy (non-hydrogen) atoms. The number of primary amides is 1. The Morgan fingerprint density at radius 3 is 2.63 bits per heavy atom. The van der Waals surface area contributed by atoms with Gasteiger partial charge in [-0.1, -0.05) is 0 Å². The lowest BCUT2D eigenvalue weighted by atomic mass is 10.0. The first-order chi connectivity index (χ1) is 14.0. The fourth-order valence-electron chi connectivity index (χ4n) is 3.31. The molecule has 1 aromatic heterocycles. The first-order valence-electron chi connectivity index (χ1n) is 9.35. The van der Waals surface area contributed by atoms with E-state index in [2.05, 4.69) is 15.3 Å². The monoisotopic (exact) mass is 438 g/mol. The quantitative estimate of drug-likeness (QED) is 0.415. The summed E-state index contributed by atoms with van der Waals surface area (Å²) in [5.41, 5.74) is 5.34. The zero-order valence-corrected chi connectivity index (χ0v) is 18.1. The third-order valence-electron chi connectivity index (χ3n) is 5.34. The number of carbonyl (C=O) groups is 1. The topological polar surface area (TPSA) is 161 Å². The molecular formula is C18H26N6O5S. The SMILES string of the molecule is C[C@@H]1COCC2COc3c(nc(N/C=C(\C=N)C(N)=O)nc3C(C)(C)S(C)(=O)=O)N21. The molecular weight excluding hydrogens is 412 g/mol. The number of nitrogens with zero attached hydrogens (tertiary/aromatic N) is 3. The van der Waals surface area contributed by atoms with Crippen LogP contribution in [-0.2, 0) is 24.1 Å². The summed E-state index contributed by atoms with van der Waals surface area (Å²) in [6, 6.07) is -0.0851. The maximum absolute atomic E-state index is 12.5. The maximum Gasteiger partial charge on any atom is 0.251 e. The summed E-state index contributed by atoms with van der Waals surface area (Å²) in [6.07, 6.45) is 3.15. The van der Waals surface area contributed by atoms with Crippen molar-refractivity contribution in [1.29, 1.82) is 5.41 Å². The molecule has 1 aromatic rings. The van der Waals surface area contributed by atoms with Gasteiger partial charge in [0.15, 0.2) is 21.4 Å². The molecule has 1 amide bonds. The van der Waals surface area contributed by atoms with Crippen molar-refractivity contribution in [2.45, 2.75) is 37.6 Å². The lowest BCUT2D eigenvalue weighted by molar-refractivity contribution is -0.114. The highest BCUT2D eigenvalue weighted by molar-refractivity contribution is 7.91. The van der Waals surface area contributed by atoms with Crippen molar-refractivity contribution < 1.29 is 22.7 Å². The first kappa shape index (κ1) is 22.0. The standard InChI is InChI=1S/C18H26N6O5S/c1-10-7-28-8-12-9-29-13-14(18(2,3)30(4,26)27)22-17(23-16(13)24(10)12)21-6-11(5-19)15(20)25/h5-6,10,12,19H,7-9H2,1-4H3,(H2,20,25)(H,21,22,23)/b11-6+,19-5?/t10-,12?/m1/s1. The molecule has 164 valence electrons. The molecule has 11 nitrogen and oxygen atoms in total. The molecule has 12 heteroatoms. The normalized spacial score (nSPS) is 21.9. The summed E-state index contributed by atoms with van der Waals surface area (Å²) in [5, 5.41) is 10.0. The molecule has 2 aliphatic heterocycles. The zero-order valence-electron chi connectivity index (χ0n) is 17.3. The Bertz CT molecular complexity index is 1010. The second-order valence-corrected chi connectivity index (χ2v) is 10.4. The van der Waals surface area contributed by atoms with Gasteiger partial charge in [-0.05, 0) is 20.8 Å². The van der Waals surface area contributed by atoms with Crippen molar-refractivity contribution in [3.05, 3.63) is 17.5 Å². The molecule has 3 rings (SSSR count). The number of morpholine rings is 1. The molecule has 0 radical (unpaired) electrons. The lowest BCUT2D eigenvalue weighted by Crippen LogP contribution is -2.56. The number of hydrogen-bond acceptors (Lipinski definition) is 10. The number of rotatable bonds is 6. The van der Waals surface area contributed by atoms with Gasteiger partial charge in [0.25, 0.3) is 5.91 Å². The lowest BCUT2D eigenvalue weighted by Gasteiger charge is -2.45. The molecule has 1 saturated heterocycles. The van der Waals surface area contributed by atoms with E-state index in [0.717, 1.165) is 12.5 Å². The molecule has 1 unspecified atom stereocenters. The Kier molecular flexibility index (Phi) is 5.74. The van der Waals surface area contributed by atoms with Gasteiger partial charge in [0.1, 0.15) is 17.0 Å². The van der Waals surface area contributed by atoms with Crippen LogP contribution in [0.2, 0.25) is 0 Å². The second kappa shape index (κ2) is 7.84. The van der Waals surface area contributed by atoms with Gasteiger partial charge in [0, 0.05) is 18.7 Å². The van der Waals surface area contributed by atoms with Crippen LogP contribution in [0.4, 0.5) is 11.8 Å². The average molecular weight is 439 g/mol. The van der Waals surface area contributed by atoms with E-state index < -0.39 is 20.5 Å². The largest absolute Gasteiger partial charge is 0.486 e. The van der Waals surface area contributed by atoms with Crippen LogP contribution in [0.5, 0.6) is 5.75 Å². The Balaban J connectivity index is 2.19. The van der Waals surface area contributed by atoms with E-state index >= 15 is 0 Å². The number of nitrogens with two attached hydrogens (primary N) is 1. The summed E-state index contributed by atoms with van der Waals surface area (Å²) in [6.45, 7) is 6.36. The summed E-state index contributed by atoms with van der Waals surface area (Å²) in [7, 11) is -3.56. The highest BCUT2D eigenvalue weighted by atomic mass is 32.2. The Labute approximate surface area is 175 Å². The van der Waals surface area contributed by atoms with E-state index in [1.165, 1.54) is 6.20 Å². The number of nitrogens with one attached hydrogen (secondary N) is 2. The number of amides is 1. The molecule has 2 aliphatic rings. The zero-order chi connectivity index (χ0) is 22.3. The van der Waals surface area contributed by atoms with E-state index in [1.807, 2.05) is 11.8 Å². The number of ether oxygens (including phenoxy) is 2. The van der Waals surface area contributed by atoms with Gasteiger partial charge in [-0.3, -0.25) is 4.79 Å². The number of sulfone groups is 1. The van der Waals surface area contributed by atoms with Crippen molar-refractivity contribution in [2.24, 2.45) is 5.73 Å². The van der Waals surface area contributed by atoms with E-state index in [-0.39, 0.29) is 29.3 Å². The van der Waals surface area contributed by atoms with Crippen LogP contribution in [0.1, 0.15) is 26.5 Å². The summed E-state index contributed by atoms with van der Waals surface area (Å²) in [4.78, 5) is 22.3. The highest BCUT2D eigenvalue weighted by Gasteiger charge is 2.43. The second-order valence-electron chi connectivity index (χ2n) is 7.84. The molecule has 2 atom stereocenters. The Hall–Kier alpha value is -2.73. The fraction of sp³-hybridized carbons (Fsp3) is 0.556. The molecule has 0 bridgehead atoms. The van der Waals surface area contributed by atoms with Gasteiger partial charge in [-0.2, -0.15) is 4.98 Å². The Morgan fingerprint density at radius 1 is 1.33 bits per heavy atom. The molecule has 0 spiro atoms. The van der Waals surface area contributed by atoms with Crippen molar-refractivity contribution in [2.75, 3.05) is 36.3 Å². The van der Waals surface area contributed by atoms with Crippen molar-refractivity contribution in [3.63, 3.8) is 0 Å². The molecule has 4 N–H and O–H groups in total. The number of carbonyl (C=O) groups excluding carboxylic acids is 1. The van der Waals surface area contributed by atoms with E-state index in [4.69, 9.17) is 20.6 Å². The third-order valence-corrected chi connectivity index (χ3v) is 7.39. The van der Waals surface area contributed by atoms with Gasteiger partial charge < -0.3 is 30.8 Å². The minimum Gasteiger partial charge on any atom is -0.486 e. The van der Waals surface area contributed by atoms with Crippen LogP contribution in [0.15, 0.2) is 11.8 Å². The predicted molar refractivity (Wildman–Crippen MR) is 112 cm³/mol. The van der Waals surface area contributed by atoms with Crippen LogP contribution in [-0.4, -0.2) is 68.7 Å². The van der Waals surface area contributed by atoms with Crippen molar-refractivity contribution in [3.8, 4) is 5.75 Å². The first-order valence-corrected chi connectivity index (χ1v) is 11.2. The van der Waals surface area contributed by atoms with Crippen LogP contribution in [0.3, 0.4) is 0 Å². The number of hydrogen-bond donors (Lipinski definition) is 3. The van der Waals surface area contributed by atoms with Crippen molar-refractivity contribution in [1.82, 2.24) is 9.97 Å². The van der Waals surface area contributed by atoms with E-state index in [0.29, 0.717) is 31.4 Å². The van der Waals surface area contributed by atoms with Gasteiger partial charge in [-0.15, -0.1) is 0 Å². The molecule has 0 saturated carbocycles. The van der Waals surface area contributed by atoms with Gasteiger partial charge in [0.2, 0.25) is 5.95 Å². The van der Waals surface area contributed by atoms with Crippen LogP contribution < -0.4 is 20.7 Å². The van der Waals surface area contributed by atoms with Crippen LogP contribution in [0, 0.1) is 5.41 Å². The third kappa shape index (κ3) is 3.84. The van der Waals surface area contributed by atoms with Crippen LogP contribution in [0.25, 0.3) is 0 Å². The number of aromatic nitrogens is 2. The summed E-state index contributed by atoms with van der Waals surface area (Å²) < 4.78 is 35.2. The molecule has 0 aromatic carbocycles. The molecule has 0 aliphatic carbocycles. The van der Waals surface area contributed by atoms with Gasteiger partial charge >= 0.3 is 0 Å². The average Bonchev–Trinajstić information content (AvgIpc) is 2.66. The van der Waals surface area contributed by atoms with Crippen LogP contribution >= 0.6 is 0 Å². The maximum atomic E-state index is 12.5. The van der Waals surface area contributed by atoms with Gasteiger partial charge in [-0.25, -0.2) is 13.4 Å². The Morgan fingerprint density at radius 2 is 2.03 bits per heavy atom. The summed E-state index contributed by atoms with van der Waals surface area (Å²) in [5.74, 6) is 0.0312. The highest BCUT2D eigenvalue weighted by Crippen LogP contribution is 2.44. The van der Waals surface area contributed by atoms with Gasteiger partial charge in [0.05, 0.1) is 30.9 Å². The minimum absolute atomic E-state index is 0.0124. The predicted octanol–water partition coefficient (Wildman–Crippen LogP) is 0.173. The molecule has 3 heterocycles. The number of anilines is 2.